The predicted molar refractivity (Wildman–Crippen MR) is 125 cm³/mol. The number of hydrogen-bond acceptors (Lipinski definition) is 3. The van der Waals surface area contributed by atoms with Gasteiger partial charge in [0.05, 0.1) is 0 Å². The number of carbonyl (C=O) groups excluding carboxylic acids is 2. The number of halogens is 1. The summed E-state index contributed by atoms with van der Waals surface area (Å²) in [5, 5.41) is 2.95. The molecule has 0 radical (unpaired) electrons. The number of hydrogen-bond donors (Lipinski definition) is 1. The lowest BCUT2D eigenvalue weighted by Crippen LogP contribution is -2.51. The van der Waals surface area contributed by atoms with Gasteiger partial charge in [0.2, 0.25) is 5.91 Å². The van der Waals surface area contributed by atoms with Gasteiger partial charge in [0.25, 0.3) is 0 Å². The van der Waals surface area contributed by atoms with Crippen LogP contribution in [0.5, 0.6) is 0 Å². The number of benzene rings is 2. The summed E-state index contributed by atoms with van der Waals surface area (Å²) in [6, 6.07) is 14.0. The molecule has 0 aliphatic carbocycles. The highest BCUT2D eigenvalue weighted by Gasteiger charge is 2.22. The van der Waals surface area contributed by atoms with Crippen molar-refractivity contribution in [2.24, 2.45) is 0 Å². The number of nitrogens with zero attached hydrogens (tertiary/aromatic N) is 3. The summed E-state index contributed by atoms with van der Waals surface area (Å²) in [6.45, 7) is 8.71. The van der Waals surface area contributed by atoms with E-state index in [2.05, 4.69) is 10.2 Å². The van der Waals surface area contributed by atoms with Crippen LogP contribution in [0, 0.1) is 12.7 Å². The van der Waals surface area contributed by atoms with Gasteiger partial charge in [0.1, 0.15) is 5.82 Å². The fourth-order valence-corrected chi connectivity index (χ4v) is 3.75. The van der Waals surface area contributed by atoms with E-state index in [9.17, 15) is 14.0 Å². The molecule has 1 saturated heterocycles. The zero-order chi connectivity index (χ0) is 22.9. The third-order valence-corrected chi connectivity index (χ3v) is 5.75. The standard InChI is InChI=1S/C25H33FN4O2/c1-3-4-24(31)30(19-21-7-9-22(26)10-8-21)18-15-28-13-16-29(17-14-28)25(32)27-23-11-5-20(2)6-12-23/h5-12H,3-4,13-19H2,1-2H3,(H,27,32). The highest BCUT2D eigenvalue weighted by atomic mass is 19.1. The van der Waals surface area contributed by atoms with Crippen molar-refractivity contribution in [3.8, 4) is 0 Å². The molecule has 0 atom stereocenters. The van der Waals surface area contributed by atoms with Gasteiger partial charge in [0.15, 0.2) is 0 Å². The number of aryl methyl sites for hydroxylation is 1. The van der Waals surface area contributed by atoms with Crippen LogP contribution in [0.4, 0.5) is 14.9 Å². The fourth-order valence-electron chi connectivity index (χ4n) is 3.75. The van der Waals surface area contributed by atoms with Gasteiger partial charge < -0.3 is 15.1 Å². The van der Waals surface area contributed by atoms with Crippen LogP contribution in [0.15, 0.2) is 48.5 Å². The SMILES string of the molecule is CCCC(=O)N(CCN1CCN(C(=O)Nc2ccc(C)cc2)CC1)Cc1ccc(F)cc1. The molecule has 0 spiro atoms. The number of piperazine rings is 1. The molecule has 2 aromatic rings. The Labute approximate surface area is 190 Å². The van der Waals surface area contributed by atoms with Crippen molar-refractivity contribution < 1.29 is 14.0 Å². The third kappa shape index (κ3) is 7.05. The summed E-state index contributed by atoms with van der Waals surface area (Å²) in [5.41, 5.74) is 2.88. The minimum Gasteiger partial charge on any atom is -0.337 e. The summed E-state index contributed by atoms with van der Waals surface area (Å²) in [6.07, 6.45) is 1.31. The van der Waals surface area contributed by atoms with E-state index in [1.165, 1.54) is 12.1 Å². The number of carbonyl (C=O) groups is 2. The van der Waals surface area contributed by atoms with Gasteiger partial charge in [-0.2, -0.15) is 0 Å². The third-order valence-electron chi connectivity index (χ3n) is 5.75. The second-order valence-electron chi connectivity index (χ2n) is 8.32. The van der Waals surface area contributed by atoms with E-state index in [1.54, 1.807) is 12.1 Å². The molecule has 1 aliphatic rings. The van der Waals surface area contributed by atoms with Crippen molar-refractivity contribution in [1.82, 2.24) is 14.7 Å². The number of rotatable bonds is 8. The Morgan fingerprint density at radius 1 is 1.00 bits per heavy atom. The molecular formula is C25H33FN4O2. The van der Waals surface area contributed by atoms with Gasteiger partial charge in [-0.25, -0.2) is 9.18 Å². The quantitative estimate of drug-likeness (QED) is 0.672. The van der Waals surface area contributed by atoms with Gasteiger partial charge in [-0.1, -0.05) is 36.8 Å². The molecule has 1 aliphatic heterocycles. The smallest absolute Gasteiger partial charge is 0.321 e. The second-order valence-corrected chi connectivity index (χ2v) is 8.32. The molecule has 32 heavy (non-hydrogen) atoms. The van der Waals surface area contributed by atoms with E-state index in [4.69, 9.17) is 0 Å². The molecule has 6 nitrogen and oxygen atoms in total. The molecule has 0 unspecified atom stereocenters. The normalized spacial score (nSPS) is 14.3. The van der Waals surface area contributed by atoms with Crippen molar-refractivity contribution in [3.05, 3.63) is 65.5 Å². The second kappa shape index (κ2) is 11.6. The average Bonchev–Trinajstić information content (AvgIpc) is 2.80. The van der Waals surface area contributed by atoms with Gasteiger partial charge in [-0.05, 0) is 43.2 Å². The van der Waals surface area contributed by atoms with Crippen molar-refractivity contribution in [3.63, 3.8) is 0 Å². The number of amides is 3. The van der Waals surface area contributed by atoms with E-state index in [0.29, 0.717) is 32.6 Å². The van der Waals surface area contributed by atoms with Gasteiger partial charge >= 0.3 is 6.03 Å². The van der Waals surface area contributed by atoms with Crippen LogP contribution in [-0.4, -0.2) is 65.9 Å². The molecule has 1 fully saturated rings. The van der Waals surface area contributed by atoms with Crippen molar-refractivity contribution in [2.75, 3.05) is 44.6 Å². The molecule has 7 heteroatoms. The number of nitrogens with one attached hydrogen (secondary N) is 1. The van der Waals surface area contributed by atoms with E-state index in [0.717, 1.165) is 42.9 Å². The molecule has 172 valence electrons. The zero-order valence-electron chi connectivity index (χ0n) is 19.0. The largest absolute Gasteiger partial charge is 0.337 e. The van der Waals surface area contributed by atoms with Gasteiger partial charge in [0, 0.05) is 57.9 Å². The average molecular weight is 441 g/mol. The fraction of sp³-hybridized carbons (Fsp3) is 0.440. The van der Waals surface area contributed by atoms with E-state index < -0.39 is 0 Å². The maximum Gasteiger partial charge on any atom is 0.321 e. The van der Waals surface area contributed by atoms with Crippen molar-refractivity contribution >= 4 is 17.6 Å². The molecule has 0 aromatic heterocycles. The summed E-state index contributed by atoms with van der Waals surface area (Å²) >= 11 is 0. The summed E-state index contributed by atoms with van der Waals surface area (Å²) in [5.74, 6) is -0.155. The first-order valence-electron chi connectivity index (χ1n) is 11.3. The molecule has 0 saturated carbocycles. The maximum absolute atomic E-state index is 13.2. The van der Waals surface area contributed by atoms with Crippen LogP contribution in [0.25, 0.3) is 0 Å². The van der Waals surface area contributed by atoms with Crippen LogP contribution >= 0.6 is 0 Å². The molecule has 3 rings (SSSR count). The zero-order valence-corrected chi connectivity index (χ0v) is 19.0. The van der Waals surface area contributed by atoms with Crippen LogP contribution < -0.4 is 5.32 Å². The predicted octanol–water partition coefficient (Wildman–Crippen LogP) is 4.11. The highest BCUT2D eigenvalue weighted by molar-refractivity contribution is 5.89. The highest BCUT2D eigenvalue weighted by Crippen LogP contribution is 2.12. The first-order chi connectivity index (χ1) is 15.4. The number of anilines is 1. The van der Waals surface area contributed by atoms with Crippen LogP contribution in [0.2, 0.25) is 0 Å². The molecule has 1 heterocycles. The van der Waals surface area contributed by atoms with Gasteiger partial charge in [-0.15, -0.1) is 0 Å². The van der Waals surface area contributed by atoms with E-state index in [1.807, 2.05) is 47.9 Å². The topological polar surface area (TPSA) is 55.9 Å². The summed E-state index contributed by atoms with van der Waals surface area (Å²) in [7, 11) is 0. The Balaban J connectivity index is 1.47. The summed E-state index contributed by atoms with van der Waals surface area (Å²) < 4.78 is 13.2. The lowest BCUT2D eigenvalue weighted by Gasteiger charge is -2.36. The van der Waals surface area contributed by atoms with Crippen molar-refractivity contribution in [1.29, 1.82) is 0 Å². The Morgan fingerprint density at radius 2 is 1.66 bits per heavy atom. The Kier molecular flexibility index (Phi) is 8.62. The Morgan fingerprint density at radius 3 is 2.28 bits per heavy atom. The van der Waals surface area contributed by atoms with Gasteiger partial charge in [-0.3, -0.25) is 9.69 Å². The first kappa shape index (κ1) is 23.7. The molecule has 3 amide bonds. The van der Waals surface area contributed by atoms with Crippen LogP contribution in [0.1, 0.15) is 30.9 Å². The Bertz CT molecular complexity index is 878. The number of urea groups is 1. The lowest BCUT2D eigenvalue weighted by molar-refractivity contribution is -0.132. The minimum atomic E-state index is -0.274. The maximum atomic E-state index is 13.2. The first-order valence-corrected chi connectivity index (χ1v) is 11.3. The lowest BCUT2D eigenvalue weighted by atomic mass is 10.2. The molecule has 1 N–H and O–H groups in total. The molecule has 2 aromatic carbocycles. The monoisotopic (exact) mass is 440 g/mol. The molecule has 0 bridgehead atoms. The minimum absolute atomic E-state index is 0.0791. The van der Waals surface area contributed by atoms with E-state index >= 15 is 0 Å². The van der Waals surface area contributed by atoms with E-state index in [-0.39, 0.29) is 17.8 Å². The van der Waals surface area contributed by atoms with Crippen LogP contribution in [0.3, 0.4) is 0 Å². The summed E-state index contributed by atoms with van der Waals surface area (Å²) in [4.78, 5) is 31.1. The van der Waals surface area contributed by atoms with Crippen molar-refractivity contribution in [2.45, 2.75) is 33.2 Å². The molecular weight excluding hydrogens is 407 g/mol. The Hall–Kier alpha value is -2.93. The van der Waals surface area contributed by atoms with Crippen LogP contribution in [-0.2, 0) is 11.3 Å².